The molecule has 2 nitrogen and oxygen atoms in total. The zero-order valence-corrected chi connectivity index (χ0v) is 8.63. The lowest BCUT2D eigenvalue weighted by Gasteiger charge is -2.40. The summed E-state index contributed by atoms with van der Waals surface area (Å²) in [6, 6.07) is 0. The monoisotopic (exact) mass is 222 g/mol. The lowest BCUT2D eigenvalue weighted by atomic mass is 9.91. The highest BCUT2D eigenvalue weighted by molar-refractivity contribution is 9.09. The lowest BCUT2D eigenvalue weighted by Crippen LogP contribution is -2.50. The van der Waals surface area contributed by atoms with Gasteiger partial charge in [0, 0.05) is 18.5 Å². The topological polar surface area (TPSA) is 18.5 Å². The van der Waals surface area contributed by atoms with Gasteiger partial charge in [-0.25, -0.2) is 0 Å². The standard InChI is InChI=1S/C8H15BrO2/c1-3-4-11-8-6(9)5-7(8)10-2/h6-8H,3-5H2,1-2H3. The summed E-state index contributed by atoms with van der Waals surface area (Å²) in [5.74, 6) is 0. The minimum Gasteiger partial charge on any atom is -0.379 e. The van der Waals surface area contributed by atoms with E-state index in [0.29, 0.717) is 10.9 Å². The van der Waals surface area contributed by atoms with Crippen LogP contribution < -0.4 is 0 Å². The second kappa shape index (κ2) is 4.43. The van der Waals surface area contributed by atoms with Gasteiger partial charge in [0.25, 0.3) is 0 Å². The third kappa shape index (κ3) is 2.17. The fourth-order valence-electron chi connectivity index (χ4n) is 1.22. The van der Waals surface area contributed by atoms with E-state index in [1.54, 1.807) is 7.11 Å². The first kappa shape index (κ1) is 9.49. The summed E-state index contributed by atoms with van der Waals surface area (Å²) >= 11 is 3.53. The maximum atomic E-state index is 5.57. The van der Waals surface area contributed by atoms with Gasteiger partial charge in [0.1, 0.15) is 0 Å². The van der Waals surface area contributed by atoms with Crippen molar-refractivity contribution in [2.45, 2.75) is 36.8 Å². The molecule has 0 heterocycles. The largest absolute Gasteiger partial charge is 0.379 e. The minimum atomic E-state index is 0.278. The third-order valence-electron chi connectivity index (χ3n) is 2.00. The highest BCUT2D eigenvalue weighted by atomic mass is 79.9. The molecule has 3 heteroatoms. The van der Waals surface area contributed by atoms with Gasteiger partial charge in [0.15, 0.2) is 0 Å². The van der Waals surface area contributed by atoms with Crippen molar-refractivity contribution in [3.05, 3.63) is 0 Å². The Morgan fingerprint density at radius 3 is 2.73 bits per heavy atom. The molecule has 66 valence electrons. The Morgan fingerprint density at radius 2 is 2.27 bits per heavy atom. The molecule has 3 atom stereocenters. The van der Waals surface area contributed by atoms with Gasteiger partial charge in [-0.2, -0.15) is 0 Å². The normalized spacial score (nSPS) is 36.8. The van der Waals surface area contributed by atoms with Crippen LogP contribution >= 0.6 is 15.9 Å². The van der Waals surface area contributed by atoms with Crippen molar-refractivity contribution in [1.29, 1.82) is 0 Å². The van der Waals surface area contributed by atoms with Gasteiger partial charge in [-0.3, -0.25) is 0 Å². The molecule has 1 aliphatic carbocycles. The summed E-state index contributed by atoms with van der Waals surface area (Å²) in [6.45, 7) is 2.95. The summed E-state index contributed by atoms with van der Waals surface area (Å²) in [5.41, 5.74) is 0. The molecular weight excluding hydrogens is 208 g/mol. The second-order valence-electron chi connectivity index (χ2n) is 2.86. The van der Waals surface area contributed by atoms with Crippen LogP contribution in [0.15, 0.2) is 0 Å². The summed E-state index contributed by atoms with van der Waals surface area (Å²) in [6.07, 6.45) is 2.74. The van der Waals surface area contributed by atoms with E-state index in [2.05, 4.69) is 22.9 Å². The molecule has 1 saturated carbocycles. The van der Waals surface area contributed by atoms with Gasteiger partial charge in [0.05, 0.1) is 12.2 Å². The highest BCUT2D eigenvalue weighted by Gasteiger charge is 2.40. The lowest BCUT2D eigenvalue weighted by molar-refractivity contribution is -0.106. The molecule has 0 spiro atoms. The number of hydrogen-bond acceptors (Lipinski definition) is 2. The van der Waals surface area contributed by atoms with Gasteiger partial charge in [-0.1, -0.05) is 22.9 Å². The number of ether oxygens (including phenoxy) is 2. The van der Waals surface area contributed by atoms with Crippen LogP contribution in [-0.2, 0) is 9.47 Å². The molecule has 1 aliphatic rings. The van der Waals surface area contributed by atoms with E-state index in [1.165, 1.54) is 0 Å². The Labute approximate surface area is 76.4 Å². The number of halogens is 1. The van der Waals surface area contributed by atoms with E-state index in [0.717, 1.165) is 19.4 Å². The van der Waals surface area contributed by atoms with Crippen molar-refractivity contribution >= 4 is 15.9 Å². The van der Waals surface area contributed by atoms with Gasteiger partial charge in [-0.15, -0.1) is 0 Å². The fourth-order valence-corrected chi connectivity index (χ4v) is 2.08. The van der Waals surface area contributed by atoms with E-state index in [9.17, 15) is 0 Å². The number of hydrogen-bond donors (Lipinski definition) is 0. The molecule has 3 unspecified atom stereocenters. The van der Waals surface area contributed by atoms with Gasteiger partial charge in [-0.05, 0) is 12.8 Å². The van der Waals surface area contributed by atoms with Crippen LogP contribution in [0.2, 0.25) is 0 Å². The van der Waals surface area contributed by atoms with Crippen molar-refractivity contribution in [2.24, 2.45) is 0 Å². The molecule has 11 heavy (non-hydrogen) atoms. The zero-order chi connectivity index (χ0) is 8.27. The van der Waals surface area contributed by atoms with Gasteiger partial charge in [0.2, 0.25) is 0 Å². The predicted molar refractivity (Wildman–Crippen MR) is 48.2 cm³/mol. The Hall–Kier alpha value is 0.400. The van der Waals surface area contributed by atoms with Gasteiger partial charge < -0.3 is 9.47 Å². The smallest absolute Gasteiger partial charge is 0.0962 e. The molecule has 0 aliphatic heterocycles. The van der Waals surface area contributed by atoms with E-state index < -0.39 is 0 Å². The Kier molecular flexibility index (Phi) is 3.82. The predicted octanol–water partition coefficient (Wildman–Crippen LogP) is 1.96. The van der Waals surface area contributed by atoms with Crippen molar-refractivity contribution < 1.29 is 9.47 Å². The molecule has 0 radical (unpaired) electrons. The van der Waals surface area contributed by atoms with E-state index in [4.69, 9.17) is 9.47 Å². The molecule has 1 fully saturated rings. The molecule has 0 aromatic carbocycles. The maximum absolute atomic E-state index is 5.57. The molecule has 0 N–H and O–H groups in total. The van der Waals surface area contributed by atoms with Crippen molar-refractivity contribution in [1.82, 2.24) is 0 Å². The van der Waals surface area contributed by atoms with Crippen LogP contribution in [0.25, 0.3) is 0 Å². The quantitative estimate of drug-likeness (QED) is 0.678. The first-order valence-electron chi connectivity index (χ1n) is 4.08. The number of methoxy groups -OCH3 is 1. The zero-order valence-electron chi connectivity index (χ0n) is 7.05. The first-order chi connectivity index (χ1) is 5.29. The van der Waals surface area contributed by atoms with Crippen molar-refractivity contribution in [3.8, 4) is 0 Å². The second-order valence-corrected chi connectivity index (χ2v) is 4.04. The Balaban J connectivity index is 2.19. The van der Waals surface area contributed by atoms with Crippen LogP contribution in [0.5, 0.6) is 0 Å². The van der Waals surface area contributed by atoms with Crippen LogP contribution in [-0.4, -0.2) is 30.8 Å². The SMILES string of the molecule is CCCOC1C(Br)CC1OC. The molecule has 0 bridgehead atoms. The molecule has 1 rings (SSSR count). The Morgan fingerprint density at radius 1 is 1.55 bits per heavy atom. The summed E-state index contributed by atoms with van der Waals surface area (Å²) in [7, 11) is 1.74. The molecule has 0 amide bonds. The van der Waals surface area contributed by atoms with E-state index in [1.807, 2.05) is 0 Å². The summed E-state index contributed by atoms with van der Waals surface area (Å²) < 4.78 is 10.8. The molecule has 0 saturated heterocycles. The third-order valence-corrected chi connectivity index (χ3v) is 2.89. The van der Waals surface area contributed by atoms with Crippen molar-refractivity contribution in [3.63, 3.8) is 0 Å². The Bertz CT molecular complexity index is 119. The van der Waals surface area contributed by atoms with Crippen molar-refractivity contribution in [2.75, 3.05) is 13.7 Å². The van der Waals surface area contributed by atoms with Crippen LogP contribution in [0, 0.1) is 0 Å². The summed E-state index contributed by atoms with van der Waals surface area (Å²) in [5, 5.41) is 0. The molecular formula is C8H15BrO2. The molecule has 0 aromatic heterocycles. The van der Waals surface area contributed by atoms with Crippen LogP contribution in [0.4, 0.5) is 0 Å². The highest BCUT2D eigenvalue weighted by Crippen LogP contribution is 2.32. The van der Waals surface area contributed by atoms with Gasteiger partial charge >= 0.3 is 0 Å². The summed E-state index contributed by atoms with van der Waals surface area (Å²) in [4.78, 5) is 0.499. The van der Waals surface area contributed by atoms with Crippen LogP contribution in [0.3, 0.4) is 0 Å². The first-order valence-corrected chi connectivity index (χ1v) is 4.99. The average Bonchev–Trinajstić information content (AvgIpc) is 2.00. The average molecular weight is 223 g/mol. The van der Waals surface area contributed by atoms with E-state index in [-0.39, 0.29) is 6.10 Å². The van der Waals surface area contributed by atoms with Crippen LogP contribution in [0.1, 0.15) is 19.8 Å². The van der Waals surface area contributed by atoms with E-state index >= 15 is 0 Å². The fraction of sp³-hybridized carbons (Fsp3) is 1.00. The maximum Gasteiger partial charge on any atom is 0.0962 e. The molecule has 0 aromatic rings. The number of rotatable bonds is 4. The number of alkyl halides is 1. The minimum absolute atomic E-state index is 0.278.